The molecule has 4 nitrogen and oxygen atoms in total. The first-order chi connectivity index (χ1) is 6.73. The number of halogens is 4. The highest BCUT2D eigenvalue weighted by Gasteiger charge is 2.25. The molecule has 1 heterocycles. The zero-order chi connectivity index (χ0) is 11.8. The van der Waals surface area contributed by atoms with Crippen LogP contribution in [-0.2, 0) is 9.05 Å². The molecule has 0 aliphatic rings. The normalized spacial score (nSPS) is 12.1. The van der Waals surface area contributed by atoms with E-state index >= 15 is 0 Å². The molecule has 0 saturated carbocycles. The van der Waals surface area contributed by atoms with Crippen LogP contribution in [0.3, 0.4) is 0 Å². The number of aromatic nitrogens is 1. The molecule has 0 fully saturated rings. The Morgan fingerprint density at radius 2 is 2.00 bits per heavy atom. The van der Waals surface area contributed by atoms with Crippen molar-refractivity contribution in [2.24, 2.45) is 0 Å². The van der Waals surface area contributed by atoms with Crippen LogP contribution in [0.4, 0.5) is 8.78 Å². The van der Waals surface area contributed by atoms with Gasteiger partial charge in [-0.1, -0.05) is 0 Å². The maximum absolute atomic E-state index is 12.4. The minimum absolute atomic E-state index is 0.0453. The first-order valence-electron chi connectivity index (χ1n) is 3.39. The van der Waals surface area contributed by atoms with Gasteiger partial charge in [0.25, 0.3) is 21.0 Å². The molecule has 0 aliphatic carbocycles. The molecule has 0 aromatic carbocycles. The summed E-state index contributed by atoms with van der Waals surface area (Å²) in [4.78, 5) is 12.2. The van der Waals surface area contributed by atoms with Gasteiger partial charge >= 0.3 is 0 Å². The van der Waals surface area contributed by atoms with Gasteiger partial charge in [-0.2, -0.15) is 0 Å². The Kier molecular flexibility index (Phi) is 3.51. The third-order valence-corrected chi connectivity index (χ3v) is 3.27. The molecule has 1 aromatic rings. The molecule has 0 atom stereocenters. The topological polar surface area (TPSA) is 67.0 Å². The Balaban J connectivity index is 3.70. The second-order valence-corrected chi connectivity index (χ2v) is 5.85. The third-order valence-electron chi connectivity index (χ3n) is 1.48. The largest absolute Gasteiger partial charge is 0.316 e. The van der Waals surface area contributed by atoms with Crippen LogP contribution in [-0.4, -0.2) is 13.4 Å². The molecule has 0 saturated heterocycles. The van der Waals surface area contributed by atoms with E-state index in [9.17, 15) is 22.0 Å². The molecule has 0 bridgehead atoms. The number of pyridine rings is 1. The average molecular weight is 323 g/mol. The van der Waals surface area contributed by atoms with E-state index in [0.717, 1.165) is 6.07 Å². The van der Waals surface area contributed by atoms with Crippen molar-refractivity contribution >= 4 is 35.7 Å². The summed E-state index contributed by atoms with van der Waals surface area (Å²) < 4.78 is 46.6. The maximum Gasteiger partial charge on any atom is 0.270 e. The van der Waals surface area contributed by atoms with Crippen molar-refractivity contribution < 1.29 is 17.2 Å². The number of alkyl halides is 2. The van der Waals surface area contributed by atoms with Gasteiger partial charge < -0.3 is 4.98 Å². The van der Waals surface area contributed by atoms with Crippen molar-refractivity contribution in [3.8, 4) is 0 Å². The van der Waals surface area contributed by atoms with Gasteiger partial charge in [0.2, 0.25) is 0 Å². The number of rotatable bonds is 2. The SMILES string of the molecule is O=c1[nH]c(Br)cc(S(=O)(=O)Cl)c1C(F)F. The Labute approximate surface area is 95.8 Å². The molecule has 0 radical (unpaired) electrons. The molecule has 15 heavy (non-hydrogen) atoms. The van der Waals surface area contributed by atoms with Gasteiger partial charge in [0, 0.05) is 10.7 Å². The molecule has 9 heteroatoms. The predicted octanol–water partition coefficient (Wildman–Crippen LogP) is 2.00. The smallest absolute Gasteiger partial charge is 0.270 e. The fraction of sp³-hybridized carbons (Fsp3) is 0.167. The Morgan fingerprint density at radius 1 is 1.47 bits per heavy atom. The predicted molar refractivity (Wildman–Crippen MR) is 52.8 cm³/mol. The van der Waals surface area contributed by atoms with Crippen LogP contribution < -0.4 is 5.56 Å². The summed E-state index contributed by atoms with van der Waals surface area (Å²) in [5.41, 5.74) is -2.35. The molecule has 1 N–H and O–H groups in total. The lowest BCUT2D eigenvalue weighted by molar-refractivity contribution is 0.146. The highest BCUT2D eigenvalue weighted by Crippen LogP contribution is 2.27. The number of nitrogens with one attached hydrogen (secondary N) is 1. The second-order valence-electron chi connectivity index (χ2n) is 2.46. The van der Waals surface area contributed by atoms with Crippen molar-refractivity contribution in [2.75, 3.05) is 0 Å². The first-order valence-corrected chi connectivity index (χ1v) is 6.49. The van der Waals surface area contributed by atoms with E-state index in [1.807, 2.05) is 4.98 Å². The van der Waals surface area contributed by atoms with Gasteiger partial charge in [0.1, 0.15) is 5.56 Å². The fourth-order valence-electron chi connectivity index (χ4n) is 0.925. The molecule has 1 aromatic heterocycles. The summed E-state index contributed by atoms with van der Waals surface area (Å²) >= 11 is 2.77. The Bertz CT molecular complexity index is 542. The van der Waals surface area contributed by atoms with Crippen LogP contribution in [0.25, 0.3) is 0 Å². The van der Waals surface area contributed by atoms with Gasteiger partial charge in [0.15, 0.2) is 0 Å². The van der Waals surface area contributed by atoms with Crippen LogP contribution in [0.2, 0.25) is 0 Å². The molecule has 0 aliphatic heterocycles. The first kappa shape index (κ1) is 12.6. The van der Waals surface area contributed by atoms with E-state index < -0.39 is 31.5 Å². The summed E-state index contributed by atoms with van der Waals surface area (Å²) in [5.74, 6) is 0. The molecular formula is C6H3BrClF2NO3S. The number of H-pyrrole nitrogens is 1. The summed E-state index contributed by atoms with van der Waals surface area (Å²) in [6, 6.07) is 0.811. The third kappa shape index (κ3) is 2.76. The molecular weight excluding hydrogens is 319 g/mol. The monoisotopic (exact) mass is 321 g/mol. The van der Waals surface area contributed by atoms with E-state index in [4.69, 9.17) is 10.7 Å². The van der Waals surface area contributed by atoms with Crippen molar-refractivity contribution in [3.05, 3.63) is 26.6 Å². The van der Waals surface area contributed by atoms with Crippen molar-refractivity contribution in [1.29, 1.82) is 0 Å². The number of hydrogen-bond acceptors (Lipinski definition) is 3. The van der Waals surface area contributed by atoms with Gasteiger partial charge in [-0.3, -0.25) is 4.79 Å². The van der Waals surface area contributed by atoms with E-state index in [2.05, 4.69) is 15.9 Å². The van der Waals surface area contributed by atoms with Crippen LogP contribution >= 0.6 is 26.6 Å². The summed E-state index contributed by atoms with van der Waals surface area (Å²) in [6.07, 6.45) is -3.22. The van der Waals surface area contributed by atoms with Gasteiger partial charge in [-0.05, 0) is 22.0 Å². The molecule has 0 unspecified atom stereocenters. The zero-order valence-electron chi connectivity index (χ0n) is 6.80. The van der Waals surface area contributed by atoms with Crippen molar-refractivity contribution in [2.45, 2.75) is 11.3 Å². The standard InChI is InChI=1S/C6H3BrClF2NO3S/c7-3-1-2(15(8,13)14)4(5(9)10)6(12)11-3/h1,5H,(H,11,12). The van der Waals surface area contributed by atoms with Crippen molar-refractivity contribution in [1.82, 2.24) is 4.98 Å². The molecule has 0 amide bonds. The minimum Gasteiger partial charge on any atom is -0.316 e. The van der Waals surface area contributed by atoms with Crippen LogP contribution in [0, 0.1) is 0 Å². The average Bonchev–Trinajstić information content (AvgIpc) is 1.99. The summed E-state index contributed by atoms with van der Waals surface area (Å²) in [6.45, 7) is 0. The highest BCUT2D eigenvalue weighted by atomic mass is 79.9. The lowest BCUT2D eigenvalue weighted by Crippen LogP contribution is -2.17. The minimum atomic E-state index is -4.38. The highest BCUT2D eigenvalue weighted by molar-refractivity contribution is 9.10. The van der Waals surface area contributed by atoms with E-state index in [-0.39, 0.29) is 4.60 Å². The molecule has 1 rings (SSSR count). The Hall–Kier alpha value is -0.470. The lowest BCUT2D eigenvalue weighted by Gasteiger charge is -2.04. The van der Waals surface area contributed by atoms with Gasteiger partial charge in [-0.15, -0.1) is 0 Å². The van der Waals surface area contributed by atoms with Gasteiger partial charge in [0.05, 0.1) is 9.50 Å². The quantitative estimate of drug-likeness (QED) is 0.669. The summed E-state index contributed by atoms with van der Waals surface area (Å²) in [7, 11) is 0.536. The molecule has 0 spiro atoms. The van der Waals surface area contributed by atoms with E-state index in [1.54, 1.807) is 0 Å². The van der Waals surface area contributed by atoms with Crippen molar-refractivity contribution in [3.63, 3.8) is 0 Å². The molecule has 84 valence electrons. The summed E-state index contributed by atoms with van der Waals surface area (Å²) in [5, 5.41) is 0. The van der Waals surface area contributed by atoms with Crippen LogP contribution in [0.5, 0.6) is 0 Å². The number of aromatic amines is 1. The fourth-order valence-corrected chi connectivity index (χ4v) is 2.57. The van der Waals surface area contributed by atoms with Crippen LogP contribution in [0.1, 0.15) is 12.0 Å². The van der Waals surface area contributed by atoms with Crippen LogP contribution in [0.15, 0.2) is 20.4 Å². The lowest BCUT2D eigenvalue weighted by atomic mass is 10.3. The second kappa shape index (κ2) is 4.18. The number of hydrogen-bond donors (Lipinski definition) is 1. The van der Waals surface area contributed by atoms with E-state index in [1.165, 1.54) is 0 Å². The van der Waals surface area contributed by atoms with E-state index in [0.29, 0.717) is 0 Å². The Morgan fingerprint density at radius 3 is 2.40 bits per heavy atom. The van der Waals surface area contributed by atoms with Gasteiger partial charge in [-0.25, -0.2) is 17.2 Å². The maximum atomic E-state index is 12.4. The zero-order valence-corrected chi connectivity index (χ0v) is 9.96.